The summed E-state index contributed by atoms with van der Waals surface area (Å²) >= 11 is 0. The van der Waals surface area contributed by atoms with Gasteiger partial charge in [-0.25, -0.2) is 9.59 Å². The predicted octanol–water partition coefficient (Wildman–Crippen LogP) is 0.662. The highest BCUT2D eigenvalue weighted by molar-refractivity contribution is 6.00. The van der Waals surface area contributed by atoms with Crippen molar-refractivity contribution < 1.29 is 19.8 Å². The van der Waals surface area contributed by atoms with E-state index in [0.29, 0.717) is 12.5 Å². The van der Waals surface area contributed by atoms with Crippen LogP contribution in [0.15, 0.2) is 0 Å². The average Bonchev–Trinajstić information content (AvgIpc) is 2.49. The fraction of sp³-hybridized carbons (Fsp3) is 0.500. The molecular weight excluding hydrogens is 226 g/mol. The molecule has 17 heavy (non-hydrogen) atoms. The lowest BCUT2D eigenvalue weighted by Gasteiger charge is -2.25. The van der Waals surface area contributed by atoms with Gasteiger partial charge in [0.05, 0.1) is 0 Å². The number of aromatic carboxylic acids is 2. The van der Waals surface area contributed by atoms with Crippen LogP contribution in [0.5, 0.6) is 0 Å². The zero-order chi connectivity index (χ0) is 12.6. The summed E-state index contributed by atoms with van der Waals surface area (Å²) in [5, 5.41) is 21.6. The molecule has 7 nitrogen and oxygen atoms in total. The number of carbonyl (C=O) groups is 2. The van der Waals surface area contributed by atoms with Crippen LogP contribution in [0.1, 0.15) is 40.2 Å². The van der Waals surface area contributed by atoms with Gasteiger partial charge in [-0.1, -0.05) is 6.42 Å². The van der Waals surface area contributed by atoms with E-state index in [2.05, 4.69) is 5.10 Å². The number of hydrogen-bond donors (Lipinski definition) is 3. The van der Waals surface area contributed by atoms with Gasteiger partial charge in [0.25, 0.3) is 0 Å². The minimum absolute atomic E-state index is 0.227. The van der Waals surface area contributed by atoms with Gasteiger partial charge in [0, 0.05) is 6.54 Å². The molecule has 1 aromatic heterocycles. The number of carboxylic acids is 2. The molecule has 0 bridgehead atoms. The van der Waals surface area contributed by atoms with Crippen molar-refractivity contribution in [2.75, 3.05) is 5.73 Å². The van der Waals surface area contributed by atoms with E-state index < -0.39 is 11.9 Å². The van der Waals surface area contributed by atoms with Crippen LogP contribution in [0, 0.1) is 5.92 Å². The number of nitrogens with two attached hydrogens (primary N) is 1. The van der Waals surface area contributed by atoms with Gasteiger partial charge in [-0.2, -0.15) is 5.10 Å². The molecule has 0 saturated heterocycles. The monoisotopic (exact) mass is 239 g/mol. The number of rotatable bonds is 4. The molecule has 4 N–H and O–H groups in total. The first-order chi connectivity index (χ1) is 8.00. The second-order valence-corrected chi connectivity index (χ2v) is 4.20. The molecule has 1 aliphatic rings. The SMILES string of the molecule is Nc1c(C(=O)O)nn(CC2CCC2)c1C(=O)O. The highest BCUT2D eigenvalue weighted by Crippen LogP contribution is 2.29. The van der Waals surface area contributed by atoms with Crippen LogP contribution in [0.3, 0.4) is 0 Å². The molecule has 0 radical (unpaired) electrons. The zero-order valence-electron chi connectivity index (χ0n) is 9.09. The molecule has 1 fully saturated rings. The second kappa shape index (κ2) is 4.08. The standard InChI is InChI=1S/C10H13N3O4/c11-6-7(9(14)15)12-13(8(6)10(16)17)4-5-2-1-3-5/h5H,1-4,11H2,(H,14,15)(H,16,17). The quantitative estimate of drug-likeness (QED) is 0.710. The first-order valence-electron chi connectivity index (χ1n) is 5.33. The summed E-state index contributed by atoms with van der Waals surface area (Å²) in [5.74, 6) is -2.19. The van der Waals surface area contributed by atoms with Crippen LogP contribution in [0.25, 0.3) is 0 Å². The minimum atomic E-state index is -1.31. The Labute approximate surface area is 96.8 Å². The number of aromatic nitrogens is 2. The molecule has 0 spiro atoms. The second-order valence-electron chi connectivity index (χ2n) is 4.20. The van der Waals surface area contributed by atoms with Crippen LogP contribution in [0.2, 0.25) is 0 Å². The van der Waals surface area contributed by atoms with Gasteiger partial charge in [0.2, 0.25) is 0 Å². The van der Waals surface area contributed by atoms with Crippen molar-refractivity contribution in [2.45, 2.75) is 25.8 Å². The summed E-state index contributed by atoms with van der Waals surface area (Å²) < 4.78 is 1.20. The lowest BCUT2D eigenvalue weighted by Crippen LogP contribution is -2.22. The third kappa shape index (κ3) is 1.95. The molecule has 1 aliphatic carbocycles. The maximum Gasteiger partial charge on any atom is 0.358 e. The van der Waals surface area contributed by atoms with Crippen molar-refractivity contribution in [3.8, 4) is 0 Å². The van der Waals surface area contributed by atoms with Gasteiger partial charge >= 0.3 is 11.9 Å². The van der Waals surface area contributed by atoms with E-state index in [4.69, 9.17) is 15.9 Å². The lowest BCUT2D eigenvalue weighted by atomic mass is 9.85. The Morgan fingerprint density at radius 1 is 1.35 bits per heavy atom. The summed E-state index contributed by atoms with van der Waals surface area (Å²) in [6.07, 6.45) is 3.15. The Morgan fingerprint density at radius 3 is 2.41 bits per heavy atom. The Bertz CT molecular complexity index is 476. The summed E-state index contributed by atoms with van der Waals surface area (Å²) in [4.78, 5) is 21.9. The van der Waals surface area contributed by atoms with E-state index in [1.54, 1.807) is 0 Å². The van der Waals surface area contributed by atoms with Crippen molar-refractivity contribution in [2.24, 2.45) is 5.92 Å². The number of nitrogen functional groups attached to an aromatic ring is 1. The topological polar surface area (TPSA) is 118 Å². The Balaban J connectivity index is 2.37. The largest absolute Gasteiger partial charge is 0.476 e. The molecule has 7 heteroatoms. The Kier molecular flexibility index (Phi) is 2.74. The maximum atomic E-state index is 11.0. The van der Waals surface area contributed by atoms with Crippen LogP contribution >= 0.6 is 0 Å². The molecule has 0 atom stereocenters. The van der Waals surface area contributed by atoms with Crippen LogP contribution < -0.4 is 5.73 Å². The highest BCUT2D eigenvalue weighted by atomic mass is 16.4. The van der Waals surface area contributed by atoms with Gasteiger partial charge in [0.1, 0.15) is 5.69 Å². The summed E-state index contributed by atoms with van der Waals surface area (Å²) in [6.45, 7) is 0.416. The van der Waals surface area contributed by atoms with Crippen LogP contribution in [0.4, 0.5) is 5.69 Å². The van der Waals surface area contributed by atoms with Crippen molar-refractivity contribution in [1.82, 2.24) is 9.78 Å². The number of hydrogen-bond acceptors (Lipinski definition) is 4. The van der Waals surface area contributed by atoms with Gasteiger partial charge in [-0.15, -0.1) is 0 Å². The van der Waals surface area contributed by atoms with Crippen LogP contribution in [-0.2, 0) is 6.54 Å². The van der Waals surface area contributed by atoms with E-state index in [0.717, 1.165) is 19.3 Å². The van der Waals surface area contributed by atoms with E-state index in [9.17, 15) is 9.59 Å². The summed E-state index contributed by atoms with van der Waals surface area (Å²) in [5.41, 5.74) is 4.61. The molecule has 0 aliphatic heterocycles. The maximum absolute atomic E-state index is 11.0. The third-order valence-electron chi connectivity index (χ3n) is 3.05. The molecular formula is C10H13N3O4. The fourth-order valence-corrected chi connectivity index (χ4v) is 1.91. The molecule has 0 aromatic carbocycles. The molecule has 1 aromatic rings. The first kappa shape index (κ1) is 11.4. The van der Waals surface area contributed by atoms with Gasteiger partial charge < -0.3 is 15.9 Å². The normalized spacial score (nSPS) is 15.5. The average molecular weight is 239 g/mol. The Hall–Kier alpha value is -2.05. The minimum Gasteiger partial charge on any atom is -0.476 e. The molecule has 1 heterocycles. The van der Waals surface area contributed by atoms with Gasteiger partial charge in [-0.3, -0.25) is 4.68 Å². The van der Waals surface area contributed by atoms with Crippen molar-refractivity contribution in [3.63, 3.8) is 0 Å². The molecule has 0 amide bonds. The van der Waals surface area contributed by atoms with Gasteiger partial charge in [-0.05, 0) is 18.8 Å². The van der Waals surface area contributed by atoms with E-state index in [1.165, 1.54) is 4.68 Å². The lowest BCUT2D eigenvalue weighted by molar-refractivity contribution is 0.0672. The summed E-state index contributed by atoms with van der Waals surface area (Å²) in [6, 6.07) is 0. The molecule has 2 rings (SSSR count). The number of anilines is 1. The zero-order valence-corrected chi connectivity index (χ0v) is 9.09. The third-order valence-corrected chi connectivity index (χ3v) is 3.05. The first-order valence-corrected chi connectivity index (χ1v) is 5.33. The smallest absolute Gasteiger partial charge is 0.358 e. The number of carboxylic acid groups (broad SMARTS) is 2. The molecule has 0 unspecified atom stereocenters. The van der Waals surface area contributed by atoms with E-state index in [1.807, 2.05) is 0 Å². The van der Waals surface area contributed by atoms with Gasteiger partial charge in [0.15, 0.2) is 11.4 Å². The Morgan fingerprint density at radius 2 is 2.00 bits per heavy atom. The van der Waals surface area contributed by atoms with Crippen molar-refractivity contribution in [1.29, 1.82) is 0 Å². The summed E-state index contributed by atoms with van der Waals surface area (Å²) in [7, 11) is 0. The van der Waals surface area contributed by atoms with E-state index in [-0.39, 0.29) is 17.1 Å². The predicted molar refractivity (Wildman–Crippen MR) is 57.9 cm³/mol. The number of nitrogens with zero attached hydrogens (tertiary/aromatic N) is 2. The van der Waals surface area contributed by atoms with Crippen molar-refractivity contribution >= 4 is 17.6 Å². The van der Waals surface area contributed by atoms with Crippen molar-refractivity contribution in [3.05, 3.63) is 11.4 Å². The molecule has 92 valence electrons. The van der Waals surface area contributed by atoms with E-state index >= 15 is 0 Å². The van der Waals surface area contributed by atoms with Crippen LogP contribution in [-0.4, -0.2) is 31.9 Å². The highest BCUT2D eigenvalue weighted by Gasteiger charge is 2.27. The molecule has 1 saturated carbocycles. The fourth-order valence-electron chi connectivity index (χ4n) is 1.91.